The van der Waals surface area contributed by atoms with E-state index in [-0.39, 0.29) is 11.7 Å². The van der Waals surface area contributed by atoms with Crippen molar-refractivity contribution in [2.24, 2.45) is 5.73 Å². The van der Waals surface area contributed by atoms with Gasteiger partial charge in [0.2, 0.25) is 0 Å². The van der Waals surface area contributed by atoms with Crippen LogP contribution >= 0.6 is 0 Å². The van der Waals surface area contributed by atoms with Gasteiger partial charge in [-0.3, -0.25) is 4.68 Å². The zero-order chi connectivity index (χ0) is 13.8. The van der Waals surface area contributed by atoms with Gasteiger partial charge in [-0.2, -0.15) is 5.10 Å². The molecule has 2 rings (SSSR count). The summed E-state index contributed by atoms with van der Waals surface area (Å²) >= 11 is 0. The molecule has 1 aromatic heterocycles. The summed E-state index contributed by atoms with van der Waals surface area (Å²) < 4.78 is 14.9. The van der Waals surface area contributed by atoms with Crippen molar-refractivity contribution in [2.75, 3.05) is 6.54 Å². The van der Waals surface area contributed by atoms with Gasteiger partial charge in [0.1, 0.15) is 5.82 Å². The molecule has 0 aliphatic rings. The molecule has 2 N–H and O–H groups in total. The van der Waals surface area contributed by atoms with E-state index in [9.17, 15) is 4.39 Å². The van der Waals surface area contributed by atoms with Gasteiger partial charge in [-0.25, -0.2) is 4.39 Å². The van der Waals surface area contributed by atoms with E-state index < -0.39 is 0 Å². The summed E-state index contributed by atoms with van der Waals surface area (Å²) in [5.74, 6) is -0.0419. The average molecular weight is 261 g/mol. The Morgan fingerprint density at radius 2 is 1.89 bits per heavy atom. The topological polar surface area (TPSA) is 43.8 Å². The van der Waals surface area contributed by atoms with Crippen LogP contribution in [0, 0.1) is 5.82 Å². The van der Waals surface area contributed by atoms with Crippen molar-refractivity contribution >= 4 is 0 Å². The molecule has 0 amide bonds. The van der Waals surface area contributed by atoms with Crippen molar-refractivity contribution in [1.82, 2.24) is 9.78 Å². The van der Waals surface area contributed by atoms with Crippen LogP contribution in [0.25, 0.3) is 0 Å². The largest absolute Gasteiger partial charge is 0.330 e. The Morgan fingerprint density at radius 1 is 1.21 bits per heavy atom. The Kier molecular flexibility index (Phi) is 4.32. The molecule has 1 atom stereocenters. The molecule has 0 saturated carbocycles. The highest BCUT2D eigenvalue weighted by atomic mass is 19.1. The zero-order valence-corrected chi connectivity index (χ0v) is 11.4. The Bertz CT molecular complexity index is 516. The highest BCUT2D eigenvalue weighted by Gasteiger charge is 2.13. The van der Waals surface area contributed by atoms with Crippen LogP contribution in [0.3, 0.4) is 0 Å². The summed E-state index contributed by atoms with van der Waals surface area (Å²) in [6.45, 7) is 4.72. The normalized spacial score (nSPS) is 12.9. The maximum Gasteiger partial charge on any atom is 0.123 e. The van der Waals surface area contributed by atoms with Gasteiger partial charge >= 0.3 is 0 Å². The first-order chi connectivity index (χ1) is 9.10. The Labute approximate surface area is 113 Å². The molecule has 2 aromatic rings. The number of nitrogens with zero attached hydrogens (tertiary/aromatic N) is 2. The van der Waals surface area contributed by atoms with E-state index in [1.165, 1.54) is 12.1 Å². The molecule has 0 spiro atoms. The molecule has 19 heavy (non-hydrogen) atoms. The van der Waals surface area contributed by atoms with Crippen LogP contribution in [-0.2, 0) is 6.42 Å². The van der Waals surface area contributed by atoms with E-state index in [1.807, 2.05) is 16.9 Å². The molecule has 1 heterocycles. The molecule has 0 fully saturated rings. The second-order valence-corrected chi connectivity index (χ2v) is 5.07. The summed E-state index contributed by atoms with van der Waals surface area (Å²) in [6, 6.07) is 8.93. The fourth-order valence-electron chi connectivity index (χ4n) is 2.10. The monoisotopic (exact) mass is 261 g/mol. The van der Waals surface area contributed by atoms with Crippen molar-refractivity contribution in [2.45, 2.75) is 32.2 Å². The minimum Gasteiger partial charge on any atom is -0.330 e. The Balaban J connectivity index is 2.12. The molecule has 1 aromatic carbocycles. The third-order valence-corrected chi connectivity index (χ3v) is 3.27. The van der Waals surface area contributed by atoms with Crippen molar-refractivity contribution in [3.8, 4) is 0 Å². The standard InChI is InChI=1S/C15H20FN3/c1-11(2)19-8-7-15(18-19)9-13(10-17)12-3-5-14(16)6-4-12/h3-8,11,13H,9-10,17H2,1-2H3. The van der Waals surface area contributed by atoms with Crippen LogP contribution in [0.1, 0.15) is 37.1 Å². The van der Waals surface area contributed by atoms with Crippen LogP contribution in [-0.4, -0.2) is 16.3 Å². The molecular formula is C15H20FN3. The van der Waals surface area contributed by atoms with Crippen LogP contribution in [0.4, 0.5) is 4.39 Å². The first-order valence-corrected chi connectivity index (χ1v) is 6.59. The third kappa shape index (κ3) is 3.41. The number of benzene rings is 1. The first-order valence-electron chi connectivity index (χ1n) is 6.59. The second-order valence-electron chi connectivity index (χ2n) is 5.07. The number of rotatable bonds is 5. The third-order valence-electron chi connectivity index (χ3n) is 3.27. The molecule has 102 valence electrons. The number of nitrogens with two attached hydrogens (primary N) is 1. The lowest BCUT2D eigenvalue weighted by molar-refractivity contribution is 0.522. The molecule has 0 bridgehead atoms. The van der Waals surface area contributed by atoms with E-state index in [0.717, 1.165) is 17.7 Å². The van der Waals surface area contributed by atoms with E-state index in [1.54, 1.807) is 12.1 Å². The summed E-state index contributed by atoms with van der Waals surface area (Å²) in [4.78, 5) is 0. The van der Waals surface area contributed by atoms with Crippen LogP contribution in [0.15, 0.2) is 36.5 Å². The summed E-state index contributed by atoms with van der Waals surface area (Å²) in [7, 11) is 0. The molecule has 0 saturated heterocycles. The van der Waals surface area contributed by atoms with Crippen molar-refractivity contribution in [3.05, 3.63) is 53.6 Å². The molecule has 4 heteroatoms. The lowest BCUT2D eigenvalue weighted by atomic mass is 9.94. The molecular weight excluding hydrogens is 241 g/mol. The highest BCUT2D eigenvalue weighted by Crippen LogP contribution is 2.20. The van der Waals surface area contributed by atoms with Crippen molar-refractivity contribution < 1.29 is 4.39 Å². The van der Waals surface area contributed by atoms with Gasteiger partial charge in [-0.1, -0.05) is 12.1 Å². The average Bonchev–Trinajstić information content (AvgIpc) is 2.86. The maximum atomic E-state index is 12.9. The summed E-state index contributed by atoms with van der Waals surface area (Å²) in [6.07, 6.45) is 2.76. The molecule has 0 aliphatic carbocycles. The Morgan fingerprint density at radius 3 is 2.42 bits per heavy atom. The van der Waals surface area contributed by atoms with Gasteiger partial charge in [0.05, 0.1) is 5.69 Å². The molecule has 0 radical (unpaired) electrons. The van der Waals surface area contributed by atoms with Gasteiger partial charge in [0, 0.05) is 18.2 Å². The second kappa shape index (κ2) is 5.97. The Hall–Kier alpha value is -1.68. The fraction of sp³-hybridized carbons (Fsp3) is 0.400. The SMILES string of the molecule is CC(C)n1ccc(CC(CN)c2ccc(F)cc2)n1. The van der Waals surface area contributed by atoms with Gasteiger partial charge in [0.15, 0.2) is 0 Å². The molecule has 3 nitrogen and oxygen atoms in total. The maximum absolute atomic E-state index is 12.9. The number of halogens is 1. The van der Waals surface area contributed by atoms with E-state index in [2.05, 4.69) is 18.9 Å². The predicted octanol–water partition coefficient (Wildman–Crippen LogP) is 2.89. The van der Waals surface area contributed by atoms with E-state index in [4.69, 9.17) is 5.73 Å². The van der Waals surface area contributed by atoms with Gasteiger partial charge in [-0.15, -0.1) is 0 Å². The first kappa shape index (κ1) is 13.7. The molecule has 0 aliphatic heterocycles. The summed E-state index contributed by atoms with van der Waals surface area (Å²) in [5.41, 5.74) is 7.91. The quantitative estimate of drug-likeness (QED) is 0.899. The highest BCUT2D eigenvalue weighted by molar-refractivity contribution is 5.22. The van der Waals surface area contributed by atoms with Crippen LogP contribution in [0.5, 0.6) is 0 Å². The van der Waals surface area contributed by atoms with E-state index in [0.29, 0.717) is 12.6 Å². The van der Waals surface area contributed by atoms with Crippen molar-refractivity contribution in [3.63, 3.8) is 0 Å². The minimum absolute atomic E-state index is 0.177. The van der Waals surface area contributed by atoms with Gasteiger partial charge in [-0.05, 0) is 50.6 Å². The predicted molar refractivity (Wildman–Crippen MR) is 74.5 cm³/mol. The zero-order valence-electron chi connectivity index (χ0n) is 11.4. The summed E-state index contributed by atoms with van der Waals surface area (Å²) in [5, 5.41) is 4.53. The smallest absolute Gasteiger partial charge is 0.123 e. The molecule has 1 unspecified atom stereocenters. The van der Waals surface area contributed by atoms with Crippen LogP contribution < -0.4 is 5.73 Å². The minimum atomic E-state index is -0.219. The number of hydrogen-bond donors (Lipinski definition) is 1. The lowest BCUT2D eigenvalue weighted by Crippen LogP contribution is -2.15. The fourth-order valence-corrected chi connectivity index (χ4v) is 2.10. The van der Waals surface area contributed by atoms with E-state index >= 15 is 0 Å². The van der Waals surface area contributed by atoms with Crippen molar-refractivity contribution in [1.29, 1.82) is 0 Å². The number of aromatic nitrogens is 2. The van der Waals surface area contributed by atoms with Gasteiger partial charge < -0.3 is 5.73 Å². The van der Waals surface area contributed by atoms with Crippen LogP contribution in [0.2, 0.25) is 0 Å². The number of hydrogen-bond acceptors (Lipinski definition) is 2. The van der Waals surface area contributed by atoms with Gasteiger partial charge in [0.25, 0.3) is 0 Å². The lowest BCUT2D eigenvalue weighted by Gasteiger charge is -2.14.